The molecule has 1 aliphatic rings. The third kappa shape index (κ3) is 4.07. The number of methoxy groups -OCH3 is 1. The predicted molar refractivity (Wildman–Crippen MR) is 49.3 cm³/mol. The summed E-state index contributed by atoms with van der Waals surface area (Å²) in [6.07, 6.45) is 8.50. The van der Waals surface area contributed by atoms with Crippen molar-refractivity contribution in [3.8, 4) is 0 Å². The highest BCUT2D eigenvalue weighted by atomic mass is 16.5. The van der Waals surface area contributed by atoms with Crippen LogP contribution in [0.3, 0.4) is 0 Å². The van der Waals surface area contributed by atoms with Gasteiger partial charge in [-0.05, 0) is 12.8 Å². The summed E-state index contributed by atoms with van der Waals surface area (Å²) in [5.41, 5.74) is 0. The zero-order valence-electron chi connectivity index (χ0n) is 8.05. The van der Waals surface area contributed by atoms with Crippen LogP contribution < -0.4 is 0 Å². The van der Waals surface area contributed by atoms with E-state index in [2.05, 4.69) is 0 Å². The van der Waals surface area contributed by atoms with Crippen LogP contribution >= 0.6 is 0 Å². The van der Waals surface area contributed by atoms with E-state index in [4.69, 9.17) is 9.47 Å². The first kappa shape index (κ1) is 10.0. The van der Waals surface area contributed by atoms with Crippen LogP contribution in [-0.4, -0.2) is 26.4 Å². The van der Waals surface area contributed by atoms with E-state index in [1.54, 1.807) is 7.11 Å². The maximum absolute atomic E-state index is 5.68. The fourth-order valence-electron chi connectivity index (χ4n) is 1.71. The molecule has 0 heterocycles. The molecule has 0 spiro atoms. The molecule has 0 atom stereocenters. The van der Waals surface area contributed by atoms with Crippen molar-refractivity contribution >= 4 is 0 Å². The van der Waals surface area contributed by atoms with Gasteiger partial charge in [0.05, 0.1) is 19.3 Å². The van der Waals surface area contributed by atoms with Crippen molar-refractivity contribution in [2.24, 2.45) is 0 Å². The van der Waals surface area contributed by atoms with Crippen molar-refractivity contribution in [2.45, 2.75) is 44.6 Å². The average Bonchev–Trinajstić information content (AvgIpc) is 2.33. The van der Waals surface area contributed by atoms with Crippen molar-refractivity contribution in [2.75, 3.05) is 20.3 Å². The van der Waals surface area contributed by atoms with E-state index >= 15 is 0 Å². The van der Waals surface area contributed by atoms with Gasteiger partial charge in [-0.2, -0.15) is 0 Å². The molecule has 0 unspecified atom stereocenters. The average molecular weight is 172 g/mol. The third-order valence-electron chi connectivity index (χ3n) is 2.44. The normalized spacial score (nSPS) is 20.8. The molecule has 1 saturated carbocycles. The first-order valence-corrected chi connectivity index (χ1v) is 5.04. The summed E-state index contributed by atoms with van der Waals surface area (Å²) in [5.74, 6) is 0. The Labute approximate surface area is 75.2 Å². The number of hydrogen-bond acceptors (Lipinski definition) is 2. The van der Waals surface area contributed by atoms with Crippen molar-refractivity contribution in [1.29, 1.82) is 0 Å². The van der Waals surface area contributed by atoms with Crippen LogP contribution in [0.1, 0.15) is 38.5 Å². The fraction of sp³-hybridized carbons (Fsp3) is 1.00. The molecule has 0 N–H and O–H groups in total. The zero-order valence-corrected chi connectivity index (χ0v) is 8.05. The minimum Gasteiger partial charge on any atom is -0.382 e. The summed E-state index contributed by atoms with van der Waals surface area (Å²) in [4.78, 5) is 0. The summed E-state index contributed by atoms with van der Waals surface area (Å²) in [7, 11) is 1.72. The Morgan fingerprint density at radius 3 is 2.25 bits per heavy atom. The topological polar surface area (TPSA) is 18.5 Å². The molecule has 0 aromatic heterocycles. The van der Waals surface area contributed by atoms with Gasteiger partial charge in [-0.3, -0.25) is 0 Å². The van der Waals surface area contributed by atoms with E-state index in [1.165, 1.54) is 38.5 Å². The molecule has 0 radical (unpaired) electrons. The smallest absolute Gasteiger partial charge is 0.0704 e. The Morgan fingerprint density at radius 2 is 1.67 bits per heavy atom. The SMILES string of the molecule is COCCOC1CCCCCC1. The molecular formula is C10H20O2. The molecule has 1 aliphatic carbocycles. The molecule has 0 aromatic carbocycles. The lowest BCUT2D eigenvalue weighted by Crippen LogP contribution is -2.14. The molecule has 0 amide bonds. The second kappa shape index (κ2) is 6.44. The third-order valence-corrected chi connectivity index (χ3v) is 2.44. The lowest BCUT2D eigenvalue weighted by molar-refractivity contribution is 0.0104. The second-order valence-corrected chi connectivity index (χ2v) is 3.48. The molecular weight excluding hydrogens is 152 g/mol. The van der Waals surface area contributed by atoms with Crippen LogP contribution in [0.15, 0.2) is 0 Å². The van der Waals surface area contributed by atoms with Crippen molar-refractivity contribution in [1.82, 2.24) is 0 Å². The highest BCUT2D eigenvalue weighted by Crippen LogP contribution is 2.19. The Kier molecular flexibility index (Phi) is 5.37. The van der Waals surface area contributed by atoms with Gasteiger partial charge < -0.3 is 9.47 Å². The maximum Gasteiger partial charge on any atom is 0.0704 e. The van der Waals surface area contributed by atoms with E-state index in [0.29, 0.717) is 6.10 Å². The van der Waals surface area contributed by atoms with Gasteiger partial charge in [-0.15, -0.1) is 0 Å². The standard InChI is InChI=1S/C10H20O2/c1-11-8-9-12-10-6-4-2-3-5-7-10/h10H,2-9H2,1H3. The first-order chi connectivity index (χ1) is 5.93. The Morgan fingerprint density at radius 1 is 1.00 bits per heavy atom. The van der Waals surface area contributed by atoms with E-state index < -0.39 is 0 Å². The summed E-state index contributed by atoms with van der Waals surface area (Å²) >= 11 is 0. The molecule has 0 aromatic rings. The molecule has 2 nitrogen and oxygen atoms in total. The van der Waals surface area contributed by atoms with Crippen LogP contribution in [0.4, 0.5) is 0 Å². The second-order valence-electron chi connectivity index (χ2n) is 3.48. The molecule has 1 rings (SSSR count). The Bertz CT molecular complexity index is 96.0. The van der Waals surface area contributed by atoms with Gasteiger partial charge in [0.1, 0.15) is 0 Å². The molecule has 12 heavy (non-hydrogen) atoms. The lowest BCUT2D eigenvalue weighted by Gasteiger charge is -2.14. The van der Waals surface area contributed by atoms with Crippen molar-refractivity contribution < 1.29 is 9.47 Å². The molecule has 1 fully saturated rings. The molecule has 0 aliphatic heterocycles. The summed E-state index contributed by atoms with van der Waals surface area (Å²) in [6, 6.07) is 0. The number of rotatable bonds is 4. The van der Waals surface area contributed by atoms with Gasteiger partial charge in [0.25, 0.3) is 0 Å². The van der Waals surface area contributed by atoms with E-state index in [-0.39, 0.29) is 0 Å². The quantitative estimate of drug-likeness (QED) is 0.479. The maximum atomic E-state index is 5.68. The van der Waals surface area contributed by atoms with Crippen molar-refractivity contribution in [3.05, 3.63) is 0 Å². The van der Waals surface area contributed by atoms with Crippen LogP contribution in [0, 0.1) is 0 Å². The summed E-state index contributed by atoms with van der Waals surface area (Å²) in [6.45, 7) is 1.50. The Balaban J connectivity index is 2.04. The monoisotopic (exact) mass is 172 g/mol. The van der Waals surface area contributed by atoms with Crippen LogP contribution in [-0.2, 0) is 9.47 Å². The van der Waals surface area contributed by atoms with Gasteiger partial charge in [-0.1, -0.05) is 25.7 Å². The van der Waals surface area contributed by atoms with Gasteiger partial charge in [0, 0.05) is 7.11 Å². The van der Waals surface area contributed by atoms with Gasteiger partial charge in [0.15, 0.2) is 0 Å². The van der Waals surface area contributed by atoms with E-state index in [9.17, 15) is 0 Å². The van der Waals surface area contributed by atoms with Crippen LogP contribution in [0.2, 0.25) is 0 Å². The zero-order chi connectivity index (χ0) is 8.65. The molecule has 0 saturated heterocycles. The Hall–Kier alpha value is -0.0800. The molecule has 72 valence electrons. The van der Waals surface area contributed by atoms with Crippen molar-refractivity contribution in [3.63, 3.8) is 0 Å². The van der Waals surface area contributed by atoms with Gasteiger partial charge in [0.2, 0.25) is 0 Å². The number of hydrogen-bond donors (Lipinski definition) is 0. The highest BCUT2D eigenvalue weighted by Gasteiger charge is 2.11. The van der Waals surface area contributed by atoms with E-state index in [1.807, 2.05) is 0 Å². The lowest BCUT2D eigenvalue weighted by atomic mass is 10.1. The van der Waals surface area contributed by atoms with Crippen LogP contribution in [0.5, 0.6) is 0 Å². The first-order valence-electron chi connectivity index (χ1n) is 5.04. The minimum absolute atomic E-state index is 0.516. The van der Waals surface area contributed by atoms with Crippen LogP contribution in [0.25, 0.3) is 0 Å². The molecule has 2 heteroatoms. The fourth-order valence-corrected chi connectivity index (χ4v) is 1.71. The number of ether oxygens (including phenoxy) is 2. The van der Waals surface area contributed by atoms with Gasteiger partial charge in [-0.25, -0.2) is 0 Å². The summed E-state index contributed by atoms with van der Waals surface area (Å²) < 4.78 is 10.6. The predicted octanol–water partition coefficient (Wildman–Crippen LogP) is 2.37. The minimum atomic E-state index is 0.516. The highest BCUT2D eigenvalue weighted by molar-refractivity contribution is 4.63. The van der Waals surface area contributed by atoms with Gasteiger partial charge >= 0.3 is 0 Å². The van der Waals surface area contributed by atoms with E-state index in [0.717, 1.165) is 13.2 Å². The largest absolute Gasteiger partial charge is 0.382 e. The molecule has 0 bridgehead atoms. The summed E-state index contributed by atoms with van der Waals surface area (Å²) in [5, 5.41) is 0.